The number of hydrogen-bond donors (Lipinski definition) is 0. The summed E-state index contributed by atoms with van der Waals surface area (Å²) in [6, 6.07) is 0. The van der Waals surface area contributed by atoms with E-state index in [1.165, 1.54) is 0 Å². The molecular weight excluding hydrogens is 206 g/mol. The fourth-order valence-electron chi connectivity index (χ4n) is 2.47. The maximum atomic E-state index is 12.0. The van der Waals surface area contributed by atoms with Crippen LogP contribution in [0.4, 0.5) is 0 Å². The molecule has 0 aromatic heterocycles. The fourth-order valence-corrected chi connectivity index (χ4v) is 4.43. The Balaban J connectivity index is 3.13. The summed E-state index contributed by atoms with van der Waals surface area (Å²) in [4.78, 5) is 0. The summed E-state index contributed by atoms with van der Waals surface area (Å²) < 4.78 is 16.3. The van der Waals surface area contributed by atoms with Crippen molar-refractivity contribution in [1.82, 2.24) is 0 Å². The molecule has 3 unspecified atom stereocenters. The lowest BCUT2D eigenvalue weighted by molar-refractivity contribution is 0.234. The lowest BCUT2D eigenvalue weighted by atomic mass is 9.70. The quantitative estimate of drug-likeness (QED) is 0.627. The first-order chi connectivity index (χ1) is 6.55. The topological polar surface area (TPSA) is 29.4 Å². The molecule has 1 aliphatic rings. The number of hydrogen-bond acceptors (Lipinski definition) is 1. The van der Waals surface area contributed by atoms with Crippen molar-refractivity contribution in [3.8, 4) is 0 Å². The normalized spacial score (nSPS) is 33.0. The van der Waals surface area contributed by atoms with Crippen LogP contribution in [0.5, 0.6) is 0 Å². The summed E-state index contributed by atoms with van der Waals surface area (Å²) in [5.74, 6) is 0.332. The van der Waals surface area contributed by atoms with Crippen LogP contribution in [0.15, 0.2) is 4.40 Å². The Kier molecular flexibility index (Phi) is 3.17. The zero-order valence-corrected chi connectivity index (χ0v) is 11.7. The van der Waals surface area contributed by atoms with Crippen molar-refractivity contribution in [2.24, 2.45) is 21.1 Å². The molecule has 1 rings (SSSR count). The monoisotopic (exact) mass is 229 g/mol. The average Bonchev–Trinajstić information content (AvgIpc) is 2.22. The van der Waals surface area contributed by atoms with Gasteiger partial charge in [0, 0.05) is 11.6 Å². The van der Waals surface area contributed by atoms with Crippen LogP contribution < -0.4 is 0 Å². The summed E-state index contributed by atoms with van der Waals surface area (Å²) in [7, 11) is -1.05. The first-order valence-corrected chi connectivity index (χ1v) is 6.68. The zero-order chi connectivity index (χ0) is 12.0. The maximum absolute atomic E-state index is 12.0. The second-order valence-corrected chi connectivity index (χ2v) is 7.88. The number of rotatable bonds is 0. The molecule has 0 radical (unpaired) electrons. The molecule has 0 bridgehead atoms. The molecule has 0 spiro atoms. The van der Waals surface area contributed by atoms with E-state index < -0.39 is 11.0 Å². The molecule has 0 amide bonds. The van der Waals surface area contributed by atoms with Crippen molar-refractivity contribution < 1.29 is 4.21 Å². The van der Waals surface area contributed by atoms with Gasteiger partial charge in [0.2, 0.25) is 0 Å². The predicted molar refractivity (Wildman–Crippen MR) is 67.4 cm³/mol. The minimum absolute atomic E-state index is 0.0457. The van der Waals surface area contributed by atoms with E-state index in [0.29, 0.717) is 5.92 Å². The van der Waals surface area contributed by atoms with E-state index in [0.717, 1.165) is 5.71 Å². The van der Waals surface area contributed by atoms with Crippen molar-refractivity contribution in [2.45, 2.75) is 53.7 Å². The van der Waals surface area contributed by atoms with Gasteiger partial charge in [-0.3, -0.25) is 0 Å². The number of nitrogens with zero attached hydrogens (tertiary/aromatic N) is 1. The van der Waals surface area contributed by atoms with Crippen LogP contribution in [-0.4, -0.2) is 15.2 Å². The van der Waals surface area contributed by atoms with Crippen LogP contribution in [0, 0.1) is 16.7 Å². The standard InChI is InChI=1S/C12H23NOS/c1-8-9(11(2,3)4)10(12(5,6)7)15(14)13-8/h9-10H,1-7H3. The highest BCUT2D eigenvalue weighted by atomic mass is 32.2. The highest BCUT2D eigenvalue weighted by Crippen LogP contribution is 2.43. The Morgan fingerprint density at radius 2 is 1.53 bits per heavy atom. The lowest BCUT2D eigenvalue weighted by Crippen LogP contribution is -2.42. The lowest BCUT2D eigenvalue weighted by Gasteiger charge is -2.37. The van der Waals surface area contributed by atoms with E-state index >= 15 is 0 Å². The van der Waals surface area contributed by atoms with Gasteiger partial charge in [0.15, 0.2) is 0 Å². The van der Waals surface area contributed by atoms with Crippen molar-refractivity contribution in [3.63, 3.8) is 0 Å². The molecule has 1 heterocycles. The van der Waals surface area contributed by atoms with E-state index in [1.807, 2.05) is 6.92 Å². The molecule has 0 aromatic rings. The molecule has 0 saturated carbocycles. The largest absolute Gasteiger partial charge is 0.235 e. The summed E-state index contributed by atoms with van der Waals surface area (Å²) >= 11 is 0. The smallest absolute Gasteiger partial charge is 0.143 e. The van der Waals surface area contributed by atoms with Crippen LogP contribution in [0.2, 0.25) is 0 Å². The van der Waals surface area contributed by atoms with Crippen LogP contribution in [0.1, 0.15) is 48.5 Å². The molecule has 88 valence electrons. The summed E-state index contributed by atoms with van der Waals surface area (Å²) in [5.41, 5.74) is 1.24. The van der Waals surface area contributed by atoms with Gasteiger partial charge in [-0.2, -0.15) is 4.40 Å². The second-order valence-electron chi connectivity index (χ2n) is 6.64. The highest BCUT2D eigenvalue weighted by Gasteiger charge is 2.47. The Morgan fingerprint density at radius 3 is 1.80 bits per heavy atom. The molecule has 0 fully saturated rings. The SMILES string of the molecule is CC1=NS(=O)C(C(C)(C)C)C1C(C)(C)C. The zero-order valence-electron chi connectivity index (χ0n) is 10.9. The minimum atomic E-state index is -1.05. The van der Waals surface area contributed by atoms with Gasteiger partial charge in [-0.1, -0.05) is 41.5 Å². The predicted octanol–water partition coefficient (Wildman–Crippen LogP) is 3.20. The summed E-state index contributed by atoms with van der Waals surface area (Å²) in [6.07, 6.45) is 0. The Labute approximate surface area is 96.2 Å². The van der Waals surface area contributed by atoms with E-state index in [-0.39, 0.29) is 16.1 Å². The second kappa shape index (κ2) is 3.69. The van der Waals surface area contributed by atoms with Crippen molar-refractivity contribution in [2.75, 3.05) is 0 Å². The molecule has 3 heteroatoms. The maximum Gasteiger partial charge on any atom is 0.143 e. The Hall–Kier alpha value is -0.180. The molecule has 1 aliphatic heterocycles. The Morgan fingerprint density at radius 1 is 1.07 bits per heavy atom. The molecule has 0 aliphatic carbocycles. The van der Waals surface area contributed by atoms with E-state index in [2.05, 4.69) is 45.9 Å². The molecule has 15 heavy (non-hydrogen) atoms. The van der Waals surface area contributed by atoms with Crippen molar-refractivity contribution in [1.29, 1.82) is 0 Å². The first-order valence-electron chi connectivity index (χ1n) is 5.51. The first kappa shape index (κ1) is 12.9. The van der Waals surface area contributed by atoms with Gasteiger partial charge < -0.3 is 0 Å². The Bertz CT molecular complexity index is 307. The highest BCUT2D eigenvalue weighted by molar-refractivity contribution is 7.85. The van der Waals surface area contributed by atoms with Crippen LogP contribution in [0.25, 0.3) is 0 Å². The van der Waals surface area contributed by atoms with Crippen molar-refractivity contribution in [3.05, 3.63) is 0 Å². The van der Waals surface area contributed by atoms with E-state index in [9.17, 15) is 4.21 Å². The molecule has 0 saturated heterocycles. The van der Waals surface area contributed by atoms with Gasteiger partial charge in [0.05, 0.1) is 5.25 Å². The van der Waals surface area contributed by atoms with Gasteiger partial charge >= 0.3 is 0 Å². The molecule has 2 nitrogen and oxygen atoms in total. The van der Waals surface area contributed by atoms with Crippen LogP contribution in [0.3, 0.4) is 0 Å². The molecule has 0 N–H and O–H groups in total. The third kappa shape index (κ3) is 2.49. The summed E-state index contributed by atoms with van der Waals surface area (Å²) in [6.45, 7) is 15.1. The van der Waals surface area contributed by atoms with E-state index in [1.54, 1.807) is 0 Å². The van der Waals surface area contributed by atoms with Crippen LogP contribution in [-0.2, 0) is 11.0 Å². The van der Waals surface area contributed by atoms with Gasteiger partial charge in [-0.25, -0.2) is 4.21 Å². The van der Waals surface area contributed by atoms with E-state index in [4.69, 9.17) is 0 Å². The van der Waals surface area contributed by atoms with Crippen molar-refractivity contribution >= 4 is 16.7 Å². The fraction of sp³-hybridized carbons (Fsp3) is 0.917. The molecular formula is C12H23NOS. The average molecular weight is 229 g/mol. The summed E-state index contributed by atoms with van der Waals surface area (Å²) in [5, 5.41) is 0.150. The molecule has 0 aromatic carbocycles. The molecule has 3 atom stereocenters. The van der Waals surface area contributed by atoms with Gasteiger partial charge in [-0.15, -0.1) is 0 Å². The van der Waals surface area contributed by atoms with Gasteiger partial charge in [0.1, 0.15) is 11.0 Å². The van der Waals surface area contributed by atoms with Crippen LogP contribution >= 0.6 is 0 Å². The van der Waals surface area contributed by atoms with Gasteiger partial charge in [-0.05, 0) is 17.8 Å². The minimum Gasteiger partial charge on any atom is -0.235 e. The van der Waals surface area contributed by atoms with Gasteiger partial charge in [0.25, 0.3) is 0 Å². The third-order valence-corrected chi connectivity index (χ3v) is 4.87. The third-order valence-electron chi connectivity index (χ3n) is 2.99.